The summed E-state index contributed by atoms with van der Waals surface area (Å²) in [5.74, 6) is -2.37. The molecule has 1 saturated heterocycles. The van der Waals surface area contributed by atoms with Gasteiger partial charge in [0.25, 0.3) is 5.91 Å². The zero-order chi connectivity index (χ0) is 24.4. The Morgan fingerprint density at radius 1 is 1.06 bits per heavy atom. The third-order valence-corrected chi connectivity index (χ3v) is 6.87. The minimum Gasteiger partial charge on any atom is -0.480 e. The van der Waals surface area contributed by atoms with Gasteiger partial charge in [-0.2, -0.15) is 0 Å². The molecule has 2 fully saturated rings. The van der Waals surface area contributed by atoms with Crippen molar-refractivity contribution in [2.45, 2.75) is 44.2 Å². The fourth-order valence-electron chi connectivity index (χ4n) is 4.49. The number of nitrogens with one attached hydrogen (secondary N) is 2. The standard InChI is InChI=1S/C24H23Cl2N3O5/c25-16-5-3-6-17(26)20(16)21(30)27-19(23(32)33)12-13-8-10-14(11-9-13)29-22(31)15-4-1-2-7-18(15)28-24(29)34/h3,5-6,8-11,15,18-19H,1-2,4,7,12H2,(H,27,30)(H,28,34)(H,32,33)/t15?,18?,19-/m0/s1. The molecule has 4 rings (SSSR count). The molecular formula is C24H23Cl2N3O5. The third kappa shape index (κ3) is 4.88. The number of anilines is 1. The Hall–Kier alpha value is -3.10. The quantitative estimate of drug-likeness (QED) is 0.550. The summed E-state index contributed by atoms with van der Waals surface area (Å²) in [6.45, 7) is 0. The van der Waals surface area contributed by atoms with Crippen LogP contribution in [0.25, 0.3) is 0 Å². The number of imide groups is 1. The topological polar surface area (TPSA) is 116 Å². The van der Waals surface area contributed by atoms with E-state index in [1.807, 2.05) is 0 Å². The summed E-state index contributed by atoms with van der Waals surface area (Å²) in [4.78, 5) is 51.1. The highest BCUT2D eigenvalue weighted by atomic mass is 35.5. The average molecular weight is 504 g/mol. The largest absolute Gasteiger partial charge is 0.480 e. The summed E-state index contributed by atoms with van der Waals surface area (Å²) in [7, 11) is 0. The fourth-order valence-corrected chi connectivity index (χ4v) is 5.06. The van der Waals surface area contributed by atoms with E-state index in [0.29, 0.717) is 11.3 Å². The molecule has 3 N–H and O–H groups in total. The van der Waals surface area contributed by atoms with Crippen molar-refractivity contribution in [1.29, 1.82) is 0 Å². The van der Waals surface area contributed by atoms with Gasteiger partial charge in [-0.15, -0.1) is 0 Å². The second kappa shape index (κ2) is 10.0. The Labute approximate surface area is 206 Å². The number of carboxylic acids is 1. The lowest BCUT2D eigenvalue weighted by atomic mass is 9.82. The molecule has 1 aliphatic heterocycles. The summed E-state index contributed by atoms with van der Waals surface area (Å²) in [5.41, 5.74) is 1.01. The number of urea groups is 1. The van der Waals surface area contributed by atoms with Crippen molar-refractivity contribution in [3.8, 4) is 0 Å². The molecule has 1 heterocycles. The highest BCUT2D eigenvalue weighted by Crippen LogP contribution is 2.32. The average Bonchev–Trinajstić information content (AvgIpc) is 2.79. The van der Waals surface area contributed by atoms with Gasteiger partial charge in [0.2, 0.25) is 5.91 Å². The summed E-state index contributed by atoms with van der Waals surface area (Å²) in [6, 6.07) is 9.22. The molecule has 0 aromatic heterocycles. The number of hydrogen-bond acceptors (Lipinski definition) is 4. The van der Waals surface area contributed by atoms with Crippen LogP contribution in [-0.2, 0) is 16.0 Å². The van der Waals surface area contributed by atoms with E-state index in [9.17, 15) is 24.3 Å². The lowest BCUT2D eigenvalue weighted by Crippen LogP contribution is -2.61. The molecular weight excluding hydrogens is 481 g/mol. The molecule has 178 valence electrons. The van der Waals surface area contributed by atoms with Gasteiger partial charge in [0, 0.05) is 12.5 Å². The summed E-state index contributed by atoms with van der Waals surface area (Å²) in [6.07, 6.45) is 3.48. The number of fused-ring (bicyclic) bond motifs is 1. The van der Waals surface area contributed by atoms with Crippen molar-refractivity contribution in [2.75, 3.05) is 4.90 Å². The number of nitrogens with zero attached hydrogens (tertiary/aromatic N) is 1. The van der Waals surface area contributed by atoms with Crippen LogP contribution in [0.5, 0.6) is 0 Å². The van der Waals surface area contributed by atoms with Crippen LogP contribution < -0.4 is 15.5 Å². The van der Waals surface area contributed by atoms with Gasteiger partial charge >= 0.3 is 12.0 Å². The number of carbonyl (C=O) groups is 4. The number of rotatable bonds is 6. The van der Waals surface area contributed by atoms with E-state index in [1.165, 1.54) is 12.1 Å². The van der Waals surface area contributed by atoms with Crippen LogP contribution in [0.2, 0.25) is 10.0 Å². The maximum atomic E-state index is 13.0. The van der Waals surface area contributed by atoms with Gasteiger partial charge in [-0.3, -0.25) is 9.59 Å². The number of amides is 4. The Morgan fingerprint density at radius 3 is 2.35 bits per heavy atom. The van der Waals surface area contributed by atoms with Gasteiger partial charge in [0.05, 0.1) is 27.2 Å². The number of hydrogen-bond donors (Lipinski definition) is 3. The van der Waals surface area contributed by atoms with Crippen molar-refractivity contribution < 1.29 is 24.3 Å². The number of halogens is 2. The lowest BCUT2D eigenvalue weighted by molar-refractivity contribution is -0.139. The Balaban J connectivity index is 1.47. The van der Waals surface area contributed by atoms with Crippen LogP contribution >= 0.6 is 23.2 Å². The van der Waals surface area contributed by atoms with Crippen molar-refractivity contribution in [3.05, 3.63) is 63.6 Å². The molecule has 2 aromatic rings. The van der Waals surface area contributed by atoms with E-state index < -0.39 is 23.9 Å². The van der Waals surface area contributed by atoms with Gasteiger partial charge in [-0.25, -0.2) is 14.5 Å². The van der Waals surface area contributed by atoms with E-state index in [4.69, 9.17) is 23.2 Å². The highest BCUT2D eigenvalue weighted by Gasteiger charge is 2.42. The van der Waals surface area contributed by atoms with Crippen molar-refractivity contribution in [1.82, 2.24) is 10.6 Å². The van der Waals surface area contributed by atoms with E-state index in [2.05, 4.69) is 10.6 Å². The molecule has 0 bridgehead atoms. The number of carboxylic acid groups (broad SMARTS) is 1. The third-order valence-electron chi connectivity index (χ3n) is 6.24. The smallest absolute Gasteiger partial charge is 0.328 e. The molecule has 2 unspecified atom stereocenters. The first-order chi connectivity index (χ1) is 16.3. The highest BCUT2D eigenvalue weighted by molar-refractivity contribution is 6.39. The van der Waals surface area contributed by atoms with Gasteiger partial charge in [0.1, 0.15) is 6.04 Å². The van der Waals surface area contributed by atoms with Crippen molar-refractivity contribution in [3.63, 3.8) is 0 Å². The number of aliphatic carboxylic acids is 1. The van der Waals surface area contributed by atoms with E-state index in [-0.39, 0.29) is 39.9 Å². The Bertz CT molecular complexity index is 1120. The van der Waals surface area contributed by atoms with Gasteiger partial charge in [-0.1, -0.05) is 54.2 Å². The zero-order valence-electron chi connectivity index (χ0n) is 18.1. The first kappa shape index (κ1) is 24.0. The molecule has 8 nitrogen and oxygen atoms in total. The zero-order valence-corrected chi connectivity index (χ0v) is 19.6. The predicted octanol–water partition coefficient (Wildman–Crippen LogP) is 4.03. The monoisotopic (exact) mass is 503 g/mol. The normalized spacial score (nSPS) is 20.8. The van der Waals surface area contributed by atoms with Crippen LogP contribution in [0.15, 0.2) is 42.5 Å². The first-order valence-electron chi connectivity index (χ1n) is 11.0. The fraction of sp³-hybridized carbons (Fsp3) is 0.333. The van der Waals surface area contributed by atoms with Crippen LogP contribution in [0.4, 0.5) is 10.5 Å². The Kier molecular flexibility index (Phi) is 7.09. The van der Waals surface area contributed by atoms with Crippen LogP contribution in [0.3, 0.4) is 0 Å². The summed E-state index contributed by atoms with van der Waals surface area (Å²) in [5, 5.41) is 15.2. The SMILES string of the molecule is O=C(N[C@@H](Cc1ccc(N2C(=O)NC3CCCCC3C2=O)cc1)C(=O)O)c1c(Cl)cccc1Cl. The molecule has 0 spiro atoms. The molecule has 10 heteroatoms. The molecule has 1 aliphatic carbocycles. The second-order valence-electron chi connectivity index (χ2n) is 8.45. The maximum Gasteiger partial charge on any atom is 0.328 e. The minimum absolute atomic E-state index is 0.00284. The van der Waals surface area contributed by atoms with E-state index in [0.717, 1.165) is 30.6 Å². The van der Waals surface area contributed by atoms with Crippen LogP contribution in [0.1, 0.15) is 41.6 Å². The molecule has 4 amide bonds. The predicted molar refractivity (Wildman–Crippen MR) is 127 cm³/mol. The molecule has 3 atom stereocenters. The number of carbonyl (C=O) groups excluding carboxylic acids is 3. The van der Waals surface area contributed by atoms with E-state index >= 15 is 0 Å². The molecule has 0 radical (unpaired) electrons. The van der Waals surface area contributed by atoms with Gasteiger partial charge in [-0.05, 0) is 42.7 Å². The molecule has 2 aliphatic rings. The maximum absolute atomic E-state index is 13.0. The summed E-state index contributed by atoms with van der Waals surface area (Å²) < 4.78 is 0. The van der Waals surface area contributed by atoms with Crippen molar-refractivity contribution >= 4 is 52.7 Å². The van der Waals surface area contributed by atoms with Crippen molar-refractivity contribution in [2.24, 2.45) is 5.92 Å². The summed E-state index contributed by atoms with van der Waals surface area (Å²) >= 11 is 12.1. The van der Waals surface area contributed by atoms with Crippen LogP contribution in [0, 0.1) is 5.92 Å². The second-order valence-corrected chi connectivity index (χ2v) is 9.27. The lowest BCUT2D eigenvalue weighted by Gasteiger charge is -2.39. The van der Waals surface area contributed by atoms with Gasteiger partial charge in [0.15, 0.2) is 0 Å². The molecule has 1 saturated carbocycles. The van der Waals surface area contributed by atoms with Gasteiger partial charge < -0.3 is 15.7 Å². The minimum atomic E-state index is -1.24. The molecule has 34 heavy (non-hydrogen) atoms. The first-order valence-corrected chi connectivity index (χ1v) is 11.7. The molecule has 2 aromatic carbocycles. The number of benzene rings is 2. The van der Waals surface area contributed by atoms with Crippen LogP contribution in [-0.4, -0.2) is 41.0 Å². The van der Waals surface area contributed by atoms with E-state index in [1.54, 1.807) is 30.3 Å². The Morgan fingerprint density at radius 2 is 1.71 bits per heavy atom.